The molecule has 1 aliphatic carbocycles. The van der Waals surface area contributed by atoms with E-state index in [2.05, 4.69) is 146 Å². The van der Waals surface area contributed by atoms with E-state index < -0.39 is 0 Å². The lowest BCUT2D eigenvalue weighted by molar-refractivity contribution is 0.112. The lowest BCUT2D eigenvalue weighted by atomic mass is 9.73. The van der Waals surface area contributed by atoms with Crippen molar-refractivity contribution in [2.24, 2.45) is 7.05 Å². The Balaban J connectivity index is 1.21. The number of anilines is 2. The first-order valence-electron chi connectivity index (χ1n) is 16.4. The van der Waals surface area contributed by atoms with Gasteiger partial charge < -0.3 is 9.88 Å². The van der Waals surface area contributed by atoms with Gasteiger partial charge in [-0.05, 0) is 94.1 Å². The summed E-state index contributed by atoms with van der Waals surface area (Å²) < 4.78 is 2.25. The summed E-state index contributed by atoms with van der Waals surface area (Å²) >= 11 is 1.53. The molecule has 0 bridgehead atoms. The van der Waals surface area contributed by atoms with Crippen molar-refractivity contribution in [3.63, 3.8) is 0 Å². The van der Waals surface area contributed by atoms with E-state index in [0.717, 1.165) is 46.0 Å². The predicted molar refractivity (Wildman–Crippen MR) is 199 cm³/mol. The molecule has 0 atom stereocenters. The second-order valence-corrected chi connectivity index (χ2v) is 13.6. The molecule has 2 aromatic heterocycles. The van der Waals surface area contributed by atoms with Crippen LogP contribution in [0.4, 0.5) is 11.4 Å². The Morgan fingerprint density at radius 2 is 1.38 bits per heavy atom. The van der Waals surface area contributed by atoms with E-state index in [9.17, 15) is 4.79 Å². The number of hydrogen-bond donors (Lipinski definition) is 1. The molecule has 0 radical (unpaired) electrons. The molecule has 1 N–H and O–H groups in total. The van der Waals surface area contributed by atoms with Gasteiger partial charge in [-0.15, -0.1) is 11.3 Å². The minimum Gasteiger partial charge on any atom is -0.355 e. The average Bonchev–Trinajstić information content (AvgIpc) is 3.82. The van der Waals surface area contributed by atoms with E-state index in [1.807, 2.05) is 12.1 Å². The molecule has 0 spiro atoms. The first-order chi connectivity index (χ1) is 23.0. The monoisotopic (exact) mass is 628 g/mol. The summed E-state index contributed by atoms with van der Waals surface area (Å²) in [4.78, 5) is 13.2. The van der Waals surface area contributed by atoms with Crippen LogP contribution in [-0.4, -0.2) is 10.9 Å². The van der Waals surface area contributed by atoms with E-state index in [4.69, 9.17) is 0 Å². The molecule has 0 saturated heterocycles. The number of benzene rings is 5. The van der Waals surface area contributed by atoms with Crippen molar-refractivity contribution in [1.29, 1.82) is 0 Å². The average molecular weight is 629 g/mol. The molecule has 1 aliphatic rings. The van der Waals surface area contributed by atoms with Gasteiger partial charge in [-0.1, -0.05) is 98.8 Å². The van der Waals surface area contributed by atoms with Crippen LogP contribution in [0.2, 0.25) is 0 Å². The molecule has 0 aliphatic heterocycles. The molecule has 0 amide bonds. The fourth-order valence-electron chi connectivity index (χ4n) is 7.76. The number of nitrogens with one attached hydrogen (secondary N) is 1. The van der Waals surface area contributed by atoms with Crippen LogP contribution in [0.3, 0.4) is 0 Å². The molecule has 4 heteroatoms. The summed E-state index contributed by atoms with van der Waals surface area (Å²) in [5.41, 5.74) is 13.5. The third-order valence-electron chi connectivity index (χ3n) is 10.3. The zero-order chi connectivity index (χ0) is 32.1. The highest BCUT2D eigenvalue weighted by molar-refractivity contribution is 7.17. The molecular formula is C43H36N2OS. The van der Waals surface area contributed by atoms with Crippen LogP contribution in [-0.2, 0) is 12.5 Å². The van der Waals surface area contributed by atoms with Gasteiger partial charge in [0.15, 0.2) is 6.29 Å². The number of carbonyl (C=O) groups excluding carboxylic acids is 1. The van der Waals surface area contributed by atoms with Crippen molar-refractivity contribution in [2.75, 3.05) is 5.32 Å². The van der Waals surface area contributed by atoms with Gasteiger partial charge in [0.2, 0.25) is 0 Å². The Bertz CT molecular complexity index is 2290. The quantitative estimate of drug-likeness (QED) is 0.170. The van der Waals surface area contributed by atoms with Gasteiger partial charge in [0.05, 0.1) is 21.1 Å². The summed E-state index contributed by atoms with van der Waals surface area (Å²) in [5, 5.41) is 6.34. The van der Waals surface area contributed by atoms with E-state index >= 15 is 0 Å². The normalized spacial score (nSPS) is 13.0. The SMILES string of the molecule is CCC1(CC)c2cc(Nc3c(-c4ccccc4)ccc4ccccc34)ccc2-c2ccc(-c3ccc(-c4ccc(C=O)s4)n3C)cc21. The lowest BCUT2D eigenvalue weighted by Crippen LogP contribution is -2.23. The summed E-state index contributed by atoms with van der Waals surface area (Å²) in [7, 11) is 2.12. The van der Waals surface area contributed by atoms with Gasteiger partial charge in [-0.2, -0.15) is 0 Å². The van der Waals surface area contributed by atoms with Crippen molar-refractivity contribution in [2.45, 2.75) is 32.1 Å². The molecular weight excluding hydrogens is 593 g/mol. The third kappa shape index (κ3) is 4.66. The number of aromatic nitrogens is 1. The lowest BCUT2D eigenvalue weighted by Gasteiger charge is -2.30. The molecule has 2 heterocycles. The van der Waals surface area contributed by atoms with Gasteiger partial charge in [0, 0.05) is 34.8 Å². The maximum absolute atomic E-state index is 11.3. The Morgan fingerprint density at radius 3 is 2.15 bits per heavy atom. The van der Waals surface area contributed by atoms with Gasteiger partial charge in [0.1, 0.15) is 0 Å². The Kier molecular flexibility index (Phi) is 7.19. The summed E-state index contributed by atoms with van der Waals surface area (Å²) in [6.07, 6.45) is 2.96. The van der Waals surface area contributed by atoms with Crippen molar-refractivity contribution < 1.29 is 4.79 Å². The standard InChI is InChI=1S/C43H36N2OS/c1-4-43(5-2)37-25-30(39-22-23-40(45(39)3)41-24-18-32(27-46)47-41)16-20-35(37)36-21-17-31(26-38(36)43)44-42-33-14-10-9-13-29(33)15-19-34(42)28-11-7-6-8-12-28/h6-27,44H,4-5H2,1-3H3. The van der Waals surface area contributed by atoms with Gasteiger partial charge in [-0.25, -0.2) is 0 Å². The summed E-state index contributed by atoms with van der Waals surface area (Å²) in [6.45, 7) is 4.66. The minimum absolute atomic E-state index is 0.0833. The number of fused-ring (bicyclic) bond motifs is 4. The van der Waals surface area contributed by atoms with Crippen molar-refractivity contribution in [3.05, 3.63) is 143 Å². The molecule has 0 saturated carbocycles. The highest BCUT2D eigenvalue weighted by Crippen LogP contribution is 2.54. The van der Waals surface area contributed by atoms with E-state index in [-0.39, 0.29) is 5.41 Å². The maximum atomic E-state index is 11.3. The smallest absolute Gasteiger partial charge is 0.160 e. The van der Waals surface area contributed by atoms with Crippen molar-refractivity contribution >= 4 is 39.8 Å². The number of thiophene rings is 1. The Labute approximate surface area is 280 Å². The van der Waals surface area contributed by atoms with Crippen LogP contribution >= 0.6 is 11.3 Å². The van der Waals surface area contributed by atoms with Gasteiger partial charge in [-0.3, -0.25) is 4.79 Å². The van der Waals surface area contributed by atoms with E-state index in [0.29, 0.717) is 0 Å². The zero-order valence-corrected chi connectivity index (χ0v) is 27.7. The zero-order valence-electron chi connectivity index (χ0n) is 26.9. The van der Waals surface area contributed by atoms with Crippen LogP contribution in [0.15, 0.2) is 127 Å². The Morgan fingerprint density at radius 1 is 0.681 bits per heavy atom. The molecule has 0 unspecified atom stereocenters. The topological polar surface area (TPSA) is 34.0 Å². The maximum Gasteiger partial charge on any atom is 0.160 e. The van der Waals surface area contributed by atoms with Crippen LogP contribution in [0.25, 0.3) is 54.9 Å². The fraction of sp³-hybridized carbons (Fsp3) is 0.140. The number of rotatable bonds is 8. The van der Waals surface area contributed by atoms with Gasteiger partial charge in [0.25, 0.3) is 0 Å². The van der Waals surface area contributed by atoms with Crippen LogP contribution in [0.1, 0.15) is 47.5 Å². The fourth-order valence-corrected chi connectivity index (χ4v) is 8.64. The third-order valence-corrected chi connectivity index (χ3v) is 11.3. The van der Waals surface area contributed by atoms with Crippen molar-refractivity contribution in [3.8, 4) is 44.1 Å². The number of carbonyl (C=O) groups is 1. The predicted octanol–water partition coefficient (Wildman–Crippen LogP) is 11.9. The highest BCUT2D eigenvalue weighted by atomic mass is 32.1. The minimum atomic E-state index is -0.0833. The molecule has 230 valence electrons. The summed E-state index contributed by atoms with van der Waals surface area (Å²) in [5.74, 6) is 0. The number of nitrogens with zero attached hydrogens (tertiary/aromatic N) is 1. The molecule has 7 aromatic rings. The number of hydrogen-bond acceptors (Lipinski definition) is 3. The van der Waals surface area contributed by atoms with E-state index in [1.54, 1.807) is 0 Å². The first kappa shape index (κ1) is 29.2. The van der Waals surface area contributed by atoms with Crippen LogP contribution < -0.4 is 5.32 Å². The molecule has 5 aromatic carbocycles. The second-order valence-electron chi connectivity index (χ2n) is 12.5. The molecule has 3 nitrogen and oxygen atoms in total. The largest absolute Gasteiger partial charge is 0.355 e. The first-order valence-corrected chi connectivity index (χ1v) is 17.2. The van der Waals surface area contributed by atoms with Crippen molar-refractivity contribution in [1.82, 2.24) is 4.57 Å². The highest BCUT2D eigenvalue weighted by Gasteiger charge is 2.41. The molecule has 8 rings (SSSR count). The van der Waals surface area contributed by atoms with Crippen LogP contribution in [0.5, 0.6) is 0 Å². The second kappa shape index (κ2) is 11.6. The van der Waals surface area contributed by atoms with E-state index in [1.165, 1.54) is 66.7 Å². The summed E-state index contributed by atoms with van der Waals surface area (Å²) in [6, 6.07) is 46.0. The van der Waals surface area contributed by atoms with Gasteiger partial charge >= 0.3 is 0 Å². The molecule has 0 fully saturated rings. The number of aldehydes is 1. The van der Waals surface area contributed by atoms with Crippen LogP contribution in [0, 0.1) is 0 Å². The molecule has 47 heavy (non-hydrogen) atoms. The Hall–Kier alpha value is -5.19.